The quantitative estimate of drug-likeness (QED) is 0.483. The molecular formula is C34H45FN4O6. The number of rotatable bonds is 6. The number of ketones is 1. The standard InChI is InChI=1S/C34H45FN4O6/c1-43-27-12-8-9-21(31(27)44-2)33(41)36-20-13-16-38(18-20)29-24(35)17-22-28-32(29)45-26-11-5-4-10-25(26)39(28)19-23(30(22)40)34(42)37-14-6-3-7-15-37/h8-9,12,19-20,22,24-26,28-29,32H,3-7,10-11,13-18H2,1-2H3,(H,36,41). The molecule has 4 heterocycles. The Balaban J connectivity index is 1.12. The van der Waals surface area contributed by atoms with Gasteiger partial charge in [0.15, 0.2) is 17.3 Å². The normalized spacial score (nSPS) is 34.8. The number of likely N-dealkylation sites (tertiary alicyclic amines) is 2. The monoisotopic (exact) mass is 624 g/mol. The maximum absolute atomic E-state index is 16.5. The van der Waals surface area contributed by atoms with Gasteiger partial charge >= 0.3 is 0 Å². The summed E-state index contributed by atoms with van der Waals surface area (Å²) < 4.78 is 34.1. The van der Waals surface area contributed by atoms with E-state index in [0.29, 0.717) is 49.7 Å². The van der Waals surface area contributed by atoms with Crippen molar-refractivity contribution in [3.63, 3.8) is 0 Å². The molecule has 0 radical (unpaired) electrons. The molecule has 6 aliphatic rings. The molecule has 4 aliphatic heterocycles. The van der Waals surface area contributed by atoms with Gasteiger partial charge in [0.1, 0.15) is 6.17 Å². The molecule has 11 heteroatoms. The topological polar surface area (TPSA) is 101 Å². The van der Waals surface area contributed by atoms with Crippen LogP contribution in [0.25, 0.3) is 0 Å². The second kappa shape index (κ2) is 12.5. The van der Waals surface area contributed by atoms with Gasteiger partial charge in [-0.1, -0.05) is 18.9 Å². The van der Waals surface area contributed by atoms with Gasteiger partial charge in [0.05, 0.1) is 55.7 Å². The highest BCUT2D eigenvalue weighted by Gasteiger charge is 2.60. The van der Waals surface area contributed by atoms with Crippen LogP contribution in [-0.4, -0.2) is 115 Å². The summed E-state index contributed by atoms with van der Waals surface area (Å²) in [5.74, 6) is -0.451. The van der Waals surface area contributed by atoms with Crippen molar-refractivity contribution in [1.82, 2.24) is 20.0 Å². The number of morpholine rings is 1. The van der Waals surface area contributed by atoms with Crippen LogP contribution >= 0.6 is 0 Å². The molecule has 1 aromatic carbocycles. The predicted octanol–water partition coefficient (Wildman–Crippen LogP) is 3.09. The fourth-order valence-corrected chi connectivity index (χ4v) is 8.92. The number of nitrogens with zero attached hydrogens (tertiary/aromatic N) is 3. The van der Waals surface area contributed by atoms with E-state index in [2.05, 4.69) is 15.1 Å². The van der Waals surface area contributed by atoms with Crippen LogP contribution in [0, 0.1) is 5.92 Å². The second-order valence-electron chi connectivity index (χ2n) is 13.5. The number of alkyl halides is 1. The van der Waals surface area contributed by atoms with Crippen molar-refractivity contribution in [2.24, 2.45) is 5.92 Å². The first-order valence-electron chi connectivity index (χ1n) is 16.8. The fourth-order valence-electron chi connectivity index (χ4n) is 8.92. The first-order valence-corrected chi connectivity index (χ1v) is 16.8. The Labute approximate surface area is 264 Å². The molecule has 8 unspecified atom stereocenters. The van der Waals surface area contributed by atoms with E-state index in [1.54, 1.807) is 18.2 Å². The highest BCUT2D eigenvalue weighted by Crippen LogP contribution is 2.47. The number of halogens is 1. The van der Waals surface area contributed by atoms with Crippen LogP contribution in [0.2, 0.25) is 0 Å². The Morgan fingerprint density at radius 1 is 0.978 bits per heavy atom. The van der Waals surface area contributed by atoms with E-state index in [9.17, 15) is 14.4 Å². The zero-order chi connectivity index (χ0) is 31.2. The van der Waals surface area contributed by atoms with Gasteiger partial charge in [-0.05, 0) is 57.1 Å². The number of ether oxygens (including phenoxy) is 3. The van der Waals surface area contributed by atoms with Gasteiger partial charge in [0.2, 0.25) is 0 Å². The van der Waals surface area contributed by atoms with Gasteiger partial charge in [-0.25, -0.2) is 4.39 Å². The summed E-state index contributed by atoms with van der Waals surface area (Å²) in [4.78, 5) is 47.1. The number of hydrogen-bond donors (Lipinski definition) is 1. The Hall–Kier alpha value is -3.18. The first-order chi connectivity index (χ1) is 21.9. The van der Waals surface area contributed by atoms with E-state index in [4.69, 9.17) is 14.2 Å². The molecule has 5 fully saturated rings. The molecule has 45 heavy (non-hydrogen) atoms. The molecular weight excluding hydrogens is 579 g/mol. The molecule has 1 N–H and O–H groups in total. The lowest BCUT2D eigenvalue weighted by molar-refractivity contribution is -0.210. The molecule has 2 amide bonds. The van der Waals surface area contributed by atoms with Gasteiger partial charge in [0, 0.05) is 44.3 Å². The van der Waals surface area contributed by atoms with Gasteiger partial charge in [-0.2, -0.15) is 0 Å². The molecule has 3 saturated heterocycles. The Morgan fingerprint density at radius 2 is 1.78 bits per heavy atom. The number of piperidine rings is 1. The number of methoxy groups -OCH3 is 2. The van der Waals surface area contributed by atoms with Gasteiger partial charge in [-0.15, -0.1) is 0 Å². The minimum absolute atomic E-state index is 0.0668. The molecule has 0 spiro atoms. The maximum atomic E-state index is 16.5. The lowest BCUT2D eigenvalue weighted by atomic mass is 9.69. The minimum atomic E-state index is -1.29. The first kappa shape index (κ1) is 30.5. The molecule has 0 bridgehead atoms. The second-order valence-corrected chi connectivity index (χ2v) is 13.5. The number of benzene rings is 1. The molecule has 8 atom stereocenters. The van der Waals surface area contributed by atoms with E-state index >= 15 is 4.39 Å². The number of carbonyl (C=O) groups is 3. The number of para-hydroxylation sites is 1. The number of fused-ring (bicyclic) bond motifs is 2. The Bertz CT molecular complexity index is 1350. The number of hydrogen-bond acceptors (Lipinski definition) is 8. The van der Waals surface area contributed by atoms with Crippen LogP contribution in [0.5, 0.6) is 11.5 Å². The van der Waals surface area contributed by atoms with Gasteiger partial charge in [-0.3, -0.25) is 19.3 Å². The number of amides is 2. The average Bonchev–Trinajstić information content (AvgIpc) is 3.52. The summed E-state index contributed by atoms with van der Waals surface area (Å²) in [5, 5.41) is 3.12. The minimum Gasteiger partial charge on any atom is -0.493 e. The van der Waals surface area contributed by atoms with Crippen molar-refractivity contribution in [1.29, 1.82) is 0 Å². The highest BCUT2D eigenvalue weighted by molar-refractivity contribution is 6.20. The third kappa shape index (κ3) is 5.39. The highest BCUT2D eigenvalue weighted by atomic mass is 19.1. The molecule has 2 saturated carbocycles. The summed E-state index contributed by atoms with van der Waals surface area (Å²) >= 11 is 0. The zero-order valence-corrected chi connectivity index (χ0v) is 26.3. The number of carbonyl (C=O) groups excluding carboxylic acids is 3. The lowest BCUT2D eigenvalue weighted by Crippen LogP contribution is -2.73. The van der Waals surface area contributed by atoms with Crippen LogP contribution in [0.3, 0.4) is 0 Å². The molecule has 1 aromatic rings. The molecule has 0 aromatic heterocycles. The van der Waals surface area contributed by atoms with E-state index in [1.165, 1.54) is 14.2 Å². The Morgan fingerprint density at radius 3 is 2.56 bits per heavy atom. The van der Waals surface area contributed by atoms with Crippen LogP contribution in [-0.2, 0) is 14.3 Å². The summed E-state index contributed by atoms with van der Waals surface area (Å²) in [6.07, 6.45) is 7.65. The number of nitrogens with one attached hydrogen (secondary N) is 1. The van der Waals surface area contributed by atoms with Crippen LogP contribution in [0.15, 0.2) is 30.0 Å². The van der Waals surface area contributed by atoms with Crippen molar-refractivity contribution in [2.45, 2.75) is 100 Å². The van der Waals surface area contributed by atoms with Crippen LogP contribution in [0.1, 0.15) is 68.1 Å². The van der Waals surface area contributed by atoms with Crippen LogP contribution in [0.4, 0.5) is 4.39 Å². The van der Waals surface area contributed by atoms with Gasteiger partial charge in [0.25, 0.3) is 11.8 Å². The molecule has 10 nitrogen and oxygen atoms in total. The maximum Gasteiger partial charge on any atom is 0.258 e. The third-order valence-corrected chi connectivity index (χ3v) is 11.0. The fraction of sp³-hybridized carbons (Fsp3) is 0.676. The molecule has 7 rings (SSSR count). The molecule has 2 aliphatic carbocycles. The van der Waals surface area contributed by atoms with E-state index < -0.39 is 24.2 Å². The predicted molar refractivity (Wildman–Crippen MR) is 164 cm³/mol. The lowest BCUT2D eigenvalue weighted by Gasteiger charge is -2.60. The van der Waals surface area contributed by atoms with E-state index in [0.717, 1.165) is 44.9 Å². The van der Waals surface area contributed by atoms with E-state index in [1.807, 2.05) is 11.1 Å². The smallest absolute Gasteiger partial charge is 0.258 e. The summed E-state index contributed by atoms with van der Waals surface area (Å²) in [5.41, 5.74) is 0.613. The largest absolute Gasteiger partial charge is 0.493 e. The van der Waals surface area contributed by atoms with Crippen molar-refractivity contribution in [3.05, 3.63) is 35.5 Å². The van der Waals surface area contributed by atoms with E-state index in [-0.39, 0.29) is 53.8 Å². The Kier molecular flexibility index (Phi) is 8.50. The van der Waals surface area contributed by atoms with Gasteiger partial charge < -0.3 is 29.3 Å². The summed E-state index contributed by atoms with van der Waals surface area (Å²) in [6.45, 7) is 2.43. The summed E-state index contributed by atoms with van der Waals surface area (Å²) in [7, 11) is 3.04. The SMILES string of the molecule is COc1cccc(C(=O)NC2CCN(C3C(F)CC4C(=O)C(C(=O)N5CCCCC5)=CN5C6CCCCC6OC3C45)C2)c1OC. The molecule has 244 valence electrons. The average molecular weight is 625 g/mol. The van der Waals surface area contributed by atoms with Crippen molar-refractivity contribution in [3.8, 4) is 11.5 Å². The summed E-state index contributed by atoms with van der Waals surface area (Å²) in [6, 6.07) is 4.26. The number of Topliss-reactive ketones (excluding diaryl/α,β-unsaturated/α-hetero) is 1. The van der Waals surface area contributed by atoms with Crippen molar-refractivity contribution in [2.75, 3.05) is 40.4 Å². The van der Waals surface area contributed by atoms with Crippen LogP contribution < -0.4 is 14.8 Å². The third-order valence-electron chi connectivity index (χ3n) is 11.0. The zero-order valence-electron chi connectivity index (χ0n) is 26.3. The van der Waals surface area contributed by atoms with Crippen molar-refractivity contribution < 1.29 is 33.0 Å². The van der Waals surface area contributed by atoms with Crippen molar-refractivity contribution >= 4 is 17.6 Å².